The SMILES string of the molecule is O=c1c(-c2ncccc2C(F)(F)F)c[nH]c2ncccc12. The Balaban J connectivity index is 2.32. The minimum atomic E-state index is -4.58. The van der Waals surface area contributed by atoms with Crippen LogP contribution >= 0.6 is 0 Å². The highest BCUT2D eigenvalue weighted by Crippen LogP contribution is 2.34. The van der Waals surface area contributed by atoms with Crippen molar-refractivity contribution in [2.24, 2.45) is 0 Å². The molecule has 21 heavy (non-hydrogen) atoms. The zero-order valence-corrected chi connectivity index (χ0v) is 10.5. The van der Waals surface area contributed by atoms with Crippen molar-refractivity contribution in [3.8, 4) is 11.3 Å². The second-order valence-electron chi connectivity index (χ2n) is 4.33. The summed E-state index contributed by atoms with van der Waals surface area (Å²) in [6, 6.07) is 5.13. The number of aromatic nitrogens is 3. The molecular formula is C14H8F3N3O. The van der Waals surface area contributed by atoms with E-state index in [0.29, 0.717) is 5.65 Å². The van der Waals surface area contributed by atoms with E-state index in [1.165, 1.54) is 30.7 Å². The molecule has 0 aliphatic carbocycles. The quantitative estimate of drug-likeness (QED) is 0.749. The third-order valence-electron chi connectivity index (χ3n) is 3.02. The first-order valence-electron chi connectivity index (χ1n) is 5.97. The number of alkyl halides is 3. The summed E-state index contributed by atoms with van der Waals surface area (Å²) < 4.78 is 39.0. The van der Waals surface area contributed by atoms with E-state index in [1.54, 1.807) is 6.07 Å². The lowest BCUT2D eigenvalue weighted by Gasteiger charge is -2.11. The van der Waals surface area contributed by atoms with Crippen molar-refractivity contribution in [2.75, 3.05) is 0 Å². The molecule has 0 aromatic carbocycles. The Morgan fingerprint density at radius 1 is 1.05 bits per heavy atom. The lowest BCUT2D eigenvalue weighted by atomic mass is 10.1. The van der Waals surface area contributed by atoms with E-state index < -0.39 is 22.9 Å². The molecule has 0 aliphatic heterocycles. The first kappa shape index (κ1) is 13.3. The Morgan fingerprint density at radius 2 is 1.76 bits per heavy atom. The minimum absolute atomic E-state index is 0.136. The highest BCUT2D eigenvalue weighted by atomic mass is 19.4. The fourth-order valence-electron chi connectivity index (χ4n) is 2.08. The molecule has 7 heteroatoms. The molecule has 0 saturated heterocycles. The molecule has 0 radical (unpaired) electrons. The van der Waals surface area contributed by atoms with Crippen LogP contribution in [0.15, 0.2) is 47.7 Å². The molecule has 0 fully saturated rings. The molecule has 0 bridgehead atoms. The highest BCUT2D eigenvalue weighted by Gasteiger charge is 2.34. The molecule has 0 atom stereocenters. The van der Waals surface area contributed by atoms with Crippen molar-refractivity contribution >= 4 is 11.0 Å². The van der Waals surface area contributed by atoms with E-state index in [2.05, 4.69) is 15.0 Å². The Morgan fingerprint density at radius 3 is 2.52 bits per heavy atom. The zero-order chi connectivity index (χ0) is 15.0. The van der Waals surface area contributed by atoms with Gasteiger partial charge in [0, 0.05) is 18.6 Å². The molecule has 4 nitrogen and oxygen atoms in total. The summed E-state index contributed by atoms with van der Waals surface area (Å²) in [5, 5.41) is 0.216. The number of fused-ring (bicyclic) bond motifs is 1. The summed E-state index contributed by atoms with van der Waals surface area (Å²) in [6.07, 6.45) is -0.674. The first-order valence-corrected chi connectivity index (χ1v) is 5.97. The Kier molecular flexibility index (Phi) is 2.97. The third kappa shape index (κ3) is 2.26. The van der Waals surface area contributed by atoms with Gasteiger partial charge in [-0.1, -0.05) is 0 Å². The van der Waals surface area contributed by atoms with Gasteiger partial charge in [-0.25, -0.2) is 4.98 Å². The highest BCUT2D eigenvalue weighted by molar-refractivity contribution is 5.80. The third-order valence-corrected chi connectivity index (χ3v) is 3.02. The summed E-state index contributed by atoms with van der Waals surface area (Å²) >= 11 is 0. The second-order valence-corrected chi connectivity index (χ2v) is 4.33. The molecule has 3 rings (SSSR count). The van der Waals surface area contributed by atoms with Gasteiger partial charge in [0.2, 0.25) is 0 Å². The van der Waals surface area contributed by atoms with Crippen LogP contribution < -0.4 is 5.43 Å². The number of rotatable bonds is 1. The van der Waals surface area contributed by atoms with Crippen molar-refractivity contribution in [2.45, 2.75) is 6.18 Å². The molecule has 0 amide bonds. The Hall–Kier alpha value is -2.70. The summed E-state index contributed by atoms with van der Waals surface area (Å²) in [7, 11) is 0. The van der Waals surface area contributed by atoms with Crippen LogP contribution in [-0.4, -0.2) is 15.0 Å². The van der Waals surface area contributed by atoms with Crippen LogP contribution in [0.3, 0.4) is 0 Å². The predicted octanol–water partition coefficient (Wildman–Crippen LogP) is 3.00. The average molecular weight is 291 g/mol. The van der Waals surface area contributed by atoms with Crippen molar-refractivity contribution in [3.05, 3.63) is 58.6 Å². The minimum Gasteiger partial charge on any atom is -0.345 e. The molecule has 3 aromatic heterocycles. The van der Waals surface area contributed by atoms with Gasteiger partial charge < -0.3 is 4.98 Å². The van der Waals surface area contributed by atoms with Crippen molar-refractivity contribution in [1.29, 1.82) is 0 Å². The van der Waals surface area contributed by atoms with E-state index >= 15 is 0 Å². The van der Waals surface area contributed by atoms with Crippen molar-refractivity contribution in [3.63, 3.8) is 0 Å². The number of pyridine rings is 3. The lowest BCUT2D eigenvalue weighted by molar-refractivity contribution is -0.137. The number of hydrogen-bond acceptors (Lipinski definition) is 3. The summed E-state index contributed by atoms with van der Waals surface area (Å²) in [5.74, 6) is 0. The van der Waals surface area contributed by atoms with E-state index in [4.69, 9.17) is 0 Å². The lowest BCUT2D eigenvalue weighted by Crippen LogP contribution is -2.13. The Bertz CT molecular complexity index is 871. The summed E-state index contributed by atoms with van der Waals surface area (Å²) in [5.41, 5.74) is -1.70. The van der Waals surface area contributed by atoms with Crippen LogP contribution in [0.4, 0.5) is 13.2 Å². The molecule has 0 unspecified atom stereocenters. The average Bonchev–Trinajstić information content (AvgIpc) is 2.47. The van der Waals surface area contributed by atoms with Crippen LogP contribution in [0.2, 0.25) is 0 Å². The Labute approximate surface area is 116 Å². The van der Waals surface area contributed by atoms with Gasteiger partial charge in [-0.2, -0.15) is 13.2 Å². The molecule has 3 aromatic rings. The van der Waals surface area contributed by atoms with Gasteiger partial charge in [0.15, 0.2) is 5.43 Å². The number of aromatic amines is 1. The maximum atomic E-state index is 13.0. The maximum absolute atomic E-state index is 13.0. The number of nitrogens with zero attached hydrogens (tertiary/aromatic N) is 2. The molecule has 0 saturated carbocycles. The smallest absolute Gasteiger partial charge is 0.345 e. The predicted molar refractivity (Wildman–Crippen MR) is 70.6 cm³/mol. The van der Waals surface area contributed by atoms with Gasteiger partial charge in [-0.05, 0) is 24.3 Å². The first-order chi connectivity index (χ1) is 9.98. The van der Waals surface area contributed by atoms with E-state index in [1.807, 2.05) is 0 Å². The number of nitrogens with one attached hydrogen (secondary N) is 1. The van der Waals surface area contributed by atoms with E-state index in [0.717, 1.165) is 6.07 Å². The molecule has 0 aliphatic rings. The largest absolute Gasteiger partial charge is 0.418 e. The van der Waals surface area contributed by atoms with E-state index in [-0.39, 0.29) is 10.9 Å². The van der Waals surface area contributed by atoms with Crippen LogP contribution in [-0.2, 0) is 6.18 Å². The van der Waals surface area contributed by atoms with Gasteiger partial charge in [0.05, 0.1) is 22.2 Å². The van der Waals surface area contributed by atoms with Crippen molar-refractivity contribution < 1.29 is 13.2 Å². The molecule has 3 heterocycles. The maximum Gasteiger partial charge on any atom is 0.418 e. The number of hydrogen-bond donors (Lipinski definition) is 1. The van der Waals surface area contributed by atoms with Gasteiger partial charge in [-0.15, -0.1) is 0 Å². The monoisotopic (exact) mass is 291 g/mol. The fourth-order valence-corrected chi connectivity index (χ4v) is 2.08. The zero-order valence-electron chi connectivity index (χ0n) is 10.5. The fraction of sp³-hybridized carbons (Fsp3) is 0.0714. The molecule has 1 N–H and O–H groups in total. The molecule has 0 spiro atoms. The van der Waals surface area contributed by atoms with Crippen molar-refractivity contribution in [1.82, 2.24) is 15.0 Å². The summed E-state index contributed by atoms with van der Waals surface area (Å²) in [6.45, 7) is 0. The number of H-pyrrole nitrogens is 1. The molecular weight excluding hydrogens is 283 g/mol. The van der Waals surface area contributed by atoms with Crippen LogP contribution in [0.25, 0.3) is 22.3 Å². The normalized spacial score (nSPS) is 11.8. The van der Waals surface area contributed by atoms with E-state index in [9.17, 15) is 18.0 Å². The van der Waals surface area contributed by atoms with Gasteiger partial charge >= 0.3 is 6.18 Å². The van der Waals surface area contributed by atoms with Crippen LogP contribution in [0.1, 0.15) is 5.56 Å². The molecule has 106 valence electrons. The number of halogens is 3. The topological polar surface area (TPSA) is 58.6 Å². The summed E-state index contributed by atoms with van der Waals surface area (Å²) in [4.78, 5) is 22.7. The van der Waals surface area contributed by atoms with Gasteiger partial charge in [-0.3, -0.25) is 9.78 Å². The van der Waals surface area contributed by atoms with Gasteiger partial charge in [0.1, 0.15) is 5.65 Å². The van der Waals surface area contributed by atoms with Crippen LogP contribution in [0, 0.1) is 0 Å². The second kappa shape index (κ2) is 4.69. The standard InChI is InChI=1S/C14H8F3N3O/c15-14(16,17)10-4-2-5-18-11(10)9-7-20-13-8(12(9)21)3-1-6-19-13/h1-7H,(H,19,20,21). The van der Waals surface area contributed by atoms with Gasteiger partial charge in [0.25, 0.3) is 0 Å². The van der Waals surface area contributed by atoms with Crippen LogP contribution in [0.5, 0.6) is 0 Å².